The maximum absolute atomic E-state index is 6.03. The molecule has 3 aromatic rings. The first kappa shape index (κ1) is 11.0. The number of nitrogens with two attached hydrogens (primary N) is 1. The highest BCUT2D eigenvalue weighted by molar-refractivity contribution is 5.77. The van der Waals surface area contributed by atoms with Gasteiger partial charge in [0, 0.05) is 6.04 Å². The summed E-state index contributed by atoms with van der Waals surface area (Å²) in [6.45, 7) is 2.00. The van der Waals surface area contributed by atoms with E-state index < -0.39 is 0 Å². The van der Waals surface area contributed by atoms with E-state index in [4.69, 9.17) is 5.73 Å². The van der Waals surface area contributed by atoms with E-state index in [2.05, 4.69) is 27.8 Å². The number of nitrogens with zero attached hydrogens (tertiary/aromatic N) is 2. The van der Waals surface area contributed by atoms with Crippen molar-refractivity contribution in [1.82, 2.24) is 9.55 Å². The van der Waals surface area contributed by atoms with Crippen LogP contribution >= 0.6 is 0 Å². The quantitative estimate of drug-likeness (QED) is 0.744. The van der Waals surface area contributed by atoms with Crippen molar-refractivity contribution < 1.29 is 0 Å². The van der Waals surface area contributed by atoms with Crippen LogP contribution in [0.4, 0.5) is 0 Å². The second-order valence-electron chi connectivity index (χ2n) is 4.45. The molecule has 0 saturated heterocycles. The molecule has 1 heterocycles. The van der Waals surface area contributed by atoms with E-state index >= 15 is 0 Å². The molecule has 0 aliphatic carbocycles. The van der Waals surface area contributed by atoms with Crippen LogP contribution in [0.2, 0.25) is 0 Å². The molecule has 3 nitrogen and oxygen atoms in total. The maximum Gasteiger partial charge on any atom is 0.100 e. The van der Waals surface area contributed by atoms with Crippen molar-refractivity contribution in [3.05, 3.63) is 60.4 Å². The van der Waals surface area contributed by atoms with Crippen molar-refractivity contribution in [1.29, 1.82) is 0 Å². The molecule has 0 aliphatic rings. The van der Waals surface area contributed by atoms with E-state index in [-0.39, 0.29) is 6.04 Å². The topological polar surface area (TPSA) is 43.8 Å². The summed E-state index contributed by atoms with van der Waals surface area (Å²) in [5.74, 6) is 0. The molecule has 0 spiro atoms. The number of imidazole rings is 1. The van der Waals surface area contributed by atoms with Crippen molar-refractivity contribution in [3.63, 3.8) is 0 Å². The fourth-order valence-electron chi connectivity index (χ4n) is 2.24. The van der Waals surface area contributed by atoms with Crippen LogP contribution in [0.5, 0.6) is 0 Å². The molecule has 0 bridgehead atoms. The number of para-hydroxylation sites is 3. The van der Waals surface area contributed by atoms with E-state index in [0.29, 0.717) is 0 Å². The third kappa shape index (κ3) is 1.69. The zero-order valence-electron chi connectivity index (χ0n) is 10.2. The minimum absolute atomic E-state index is 0.00219. The van der Waals surface area contributed by atoms with Gasteiger partial charge < -0.3 is 5.73 Å². The number of hydrogen-bond donors (Lipinski definition) is 1. The second kappa shape index (κ2) is 4.27. The van der Waals surface area contributed by atoms with Gasteiger partial charge in [0.25, 0.3) is 0 Å². The molecule has 2 aromatic carbocycles. The lowest BCUT2D eigenvalue weighted by atomic mass is 10.1. The van der Waals surface area contributed by atoms with Crippen LogP contribution in [0.3, 0.4) is 0 Å². The number of aromatic nitrogens is 2. The highest BCUT2D eigenvalue weighted by Crippen LogP contribution is 2.23. The first-order chi connectivity index (χ1) is 8.77. The Morgan fingerprint density at radius 1 is 1.06 bits per heavy atom. The molecule has 3 heteroatoms. The Labute approximate surface area is 106 Å². The molecule has 90 valence electrons. The van der Waals surface area contributed by atoms with E-state index in [0.717, 1.165) is 22.3 Å². The Balaban J connectivity index is 2.27. The second-order valence-corrected chi connectivity index (χ2v) is 4.45. The number of hydrogen-bond acceptors (Lipinski definition) is 2. The van der Waals surface area contributed by atoms with Gasteiger partial charge in [-0.15, -0.1) is 0 Å². The van der Waals surface area contributed by atoms with E-state index in [1.807, 2.05) is 43.6 Å². The van der Waals surface area contributed by atoms with Gasteiger partial charge >= 0.3 is 0 Å². The molecule has 0 fully saturated rings. The van der Waals surface area contributed by atoms with Crippen molar-refractivity contribution in [2.24, 2.45) is 5.73 Å². The average molecular weight is 237 g/mol. The van der Waals surface area contributed by atoms with Gasteiger partial charge in [-0.25, -0.2) is 4.98 Å². The molecular weight excluding hydrogens is 222 g/mol. The third-order valence-electron chi connectivity index (χ3n) is 3.14. The van der Waals surface area contributed by atoms with Gasteiger partial charge in [-0.3, -0.25) is 4.57 Å². The number of benzene rings is 2. The van der Waals surface area contributed by atoms with Crippen molar-refractivity contribution >= 4 is 11.0 Å². The van der Waals surface area contributed by atoms with E-state index in [1.54, 1.807) is 0 Å². The van der Waals surface area contributed by atoms with E-state index in [9.17, 15) is 0 Å². The number of fused-ring (bicyclic) bond motifs is 1. The summed E-state index contributed by atoms with van der Waals surface area (Å²) in [4.78, 5) is 4.42. The highest BCUT2D eigenvalue weighted by Gasteiger charge is 2.10. The first-order valence-electron chi connectivity index (χ1n) is 6.04. The molecule has 18 heavy (non-hydrogen) atoms. The molecule has 1 atom stereocenters. The third-order valence-corrected chi connectivity index (χ3v) is 3.14. The summed E-state index contributed by atoms with van der Waals surface area (Å²) < 4.78 is 2.09. The standard InChI is InChI=1S/C15H15N3/c1-11(16)12-6-2-4-8-14(12)18-10-17-13-7-3-5-9-15(13)18/h2-11H,16H2,1H3/t11-/m0/s1. The smallest absolute Gasteiger partial charge is 0.100 e. The molecule has 0 aliphatic heterocycles. The molecule has 0 saturated carbocycles. The summed E-state index contributed by atoms with van der Waals surface area (Å²) in [6, 6.07) is 16.3. The molecule has 0 radical (unpaired) electrons. The predicted octanol–water partition coefficient (Wildman–Crippen LogP) is 3.05. The molecule has 3 rings (SSSR count). The van der Waals surface area contributed by atoms with Crippen molar-refractivity contribution in [2.75, 3.05) is 0 Å². The summed E-state index contributed by atoms with van der Waals surface area (Å²) in [6.07, 6.45) is 1.85. The van der Waals surface area contributed by atoms with Crippen LogP contribution < -0.4 is 5.73 Å². The van der Waals surface area contributed by atoms with Crippen LogP contribution in [0.1, 0.15) is 18.5 Å². The lowest BCUT2D eigenvalue weighted by molar-refractivity contribution is 0.806. The summed E-state index contributed by atoms with van der Waals surface area (Å²) in [5, 5.41) is 0. The fourth-order valence-corrected chi connectivity index (χ4v) is 2.24. The Kier molecular flexibility index (Phi) is 2.61. The largest absolute Gasteiger partial charge is 0.324 e. The monoisotopic (exact) mass is 237 g/mol. The lowest BCUT2D eigenvalue weighted by Gasteiger charge is -2.13. The number of rotatable bonds is 2. The summed E-state index contributed by atoms with van der Waals surface area (Å²) in [7, 11) is 0. The lowest BCUT2D eigenvalue weighted by Crippen LogP contribution is -2.09. The zero-order valence-corrected chi connectivity index (χ0v) is 10.2. The summed E-state index contributed by atoms with van der Waals surface area (Å²) in [5.41, 5.74) is 10.4. The van der Waals surface area contributed by atoms with Gasteiger partial charge in [0.05, 0.1) is 16.7 Å². The van der Waals surface area contributed by atoms with Crippen LogP contribution in [0.15, 0.2) is 54.9 Å². The van der Waals surface area contributed by atoms with Gasteiger partial charge in [0.15, 0.2) is 0 Å². The normalized spacial score (nSPS) is 12.8. The minimum atomic E-state index is 0.00219. The van der Waals surface area contributed by atoms with Gasteiger partial charge in [0.1, 0.15) is 6.33 Å². The highest BCUT2D eigenvalue weighted by atomic mass is 15.1. The van der Waals surface area contributed by atoms with Crippen LogP contribution in [0.25, 0.3) is 16.7 Å². The minimum Gasteiger partial charge on any atom is -0.324 e. The Hall–Kier alpha value is -2.13. The molecule has 0 amide bonds. The van der Waals surface area contributed by atoms with Crippen LogP contribution in [0, 0.1) is 0 Å². The summed E-state index contributed by atoms with van der Waals surface area (Å²) >= 11 is 0. The average Bonchev–Trinajstić information content (AvgIpc) is 2.82. The Morgan fingerprint density at radius 3 is 2.61 bits per heavy atom. The SMILES string of the molecule is C[C@H](N)c1ccccc1-n1cnc2ccccc21. The van der Waals surface area contributed by atoms with Gasteiger partial charge in [-0.2, -0.15) is 0 Å². The van der Waals surface area contributed by atoms with E-state index in [1.165, 1.54) is 0 Å². The van der Waals surface area contributed by atoms with Crippen molar-refractivity contribution in [2.45, 2.75) is 13.0 Å². The molecule has 1 aromatic heterocycles. The van der Waals surface area contributed by atoms with Crippen LogP contribution in [-0.4, -0.2) is 9.55 Å². The Bertz CT molecular complexity index is 683. The Morgan fingerprint density at radius 2 is 1.78 bits per heavy atom. The zero-order chi connectivity index (χ0) is 12.5. The first-order valence-corrected chi connectivity index (χ1v) is 6.04. The van der Waals surface area contributed by atoms with Crippen LogP contribution in [-0.2, 0) is 0 Å². The molecule has 2 N–H and O–H groups in total. The maximum atomic E-state index is 6.03. The van der Waals surface area contributed by atoms with Crippen molar-refractivity contribution in [3.8, 4) is 5.69 Å². The van der Waals surface area contributed by atoms with Gasteiger partial charge in [0.2, 0.25) is 0 Å². The van der Waals surface area contributed by atoms with Gasteiger partial charge in [-0.1, -0.05) is 30.3 Å². The molecular formula is C15H15N3. The predicted molar refractivity (Wildman–Crippen MR) is 73.7 cm³/mol. The van der Waals surface area contributed by atoms with Gasteiger partial charge in [-0.05, 0) is 30.7 Å². The molecule has 0 unspecified atom stereocenters. The fraction of sp³-hybridized carbons (Fsp3) is 0.133.